The fourth-order valence-electron chi connectivity index (χ4n) is 4.25. The molecule has 0 aliphatic carbocycles. The second-order valence-electron chi connectivity index (χ2n) is 8.54. The predicted octanol–water partition coefficient (Wildman–Crippen LogP) is 4.59. The van der Waals surface area contributed by atoms with Crippen LogP contribution in [-0.4, -0.2) is 67.1 Å². The molecule has 2 N–H and O–H groups in total. The molecule has 0 radical (unpaired) electrons. The number of carbonyl (C=O) groups excluding carboxylic acids is 1. The molecule has 8 heteroatoms. The Kier molecular flexibility index (Phi) is 7.22. The van der Waals surface area contributed by atoms with Crippen LogP contribution >= 0.6 is 11.6 Å². The molecule has 1 aliphatic heterocycles. The highest BCUT2D eigenvalue weighted by molar-refractivity contribution is 6.31. The van der Waals surface area contributed by atoms with Gasteiger partial charge < -0.3 is 19.9 Å². The summed E-state index contributed by atoms with van der Waals surface area (Å²) in [5, 5.41) is 4.79. The number of benzene rings is 2. The third-order valence-electron chi connectivity index (χ3n) is 6.42. The molecule has 0 saturated carbocycles. The van der Waals surface area contributed by atoms with Crippen LogP contribution in [0.5, 0.6) is 0 Å². The molecule has 2 aromatic carbocycles. The summed E-state index contributed by atoms with van der Waals surface area (Å²) in [5.74, 6) is -0.332. The van der Waals surface area contributed by atoms with Gasteiger partial charge in [-0.1, -0.05) is 17.7 Å². The molecule has 0 unspecified atom stereocenters. The van der Waals surface area contributed by atoms with Gasteiger partial charge in [-0.15, -0.1) is 0 Å². The monoisotopic (exact) mass is 472 g/mol. The van der Waals surface area contributed by atoms with Gasteiger partial charge in [0.15, 0.2) is 0 Å². The van der Waals surface area contributed by atoms with E-state index < -0.39 is 0 Å². The number of methoxy groups -OCH3 is 1. The molecule has 0 spiro atoms. The van der Waals surface area contributed by atoms with Crippen molar-refractivity contribution in [1.82, 2.24) is 14.8 Å². The van der Waals surface area contributed by atoms with E-state index in [1.165, 1.54) is 12.1 Å². The zero-order chi connectivity index (χ0) is 23.5. The SMILES string of the molecule is COCCN1CCN(C(=O)c2cc(NCc3ccc(F)cc3Cl)c3[nH]c(C)c(C)c3c2)CC1. The van der Waals surface area contributed by atoms with Crippen LogP contribution in [0, 0.1) is 19.7 Å². The van der Waals surface area contributed by atoms with Crippen LogP contribution in [0.4, 0.5) is 10.1 Å². The number of anilines is 1. The van der Waals surface area contributed by atoms with Crippen LogP contribution in [0.15, 0.2) is 30.3 Å². The van der Waals surface area contributed by atoms with Crippen molar-refractivity contribution in [1.29, 1.82) is 0 Å². The first kappa shape index (κ1) is 23.5. The van der Waals surface area contributed by atoms with Crippen molar-refractivity contribution in [3.05, 3.63) is 63.6 Å². The minimum Gasteiger partial charge on any atom is -0.383 e. The maximum Gasteiger partial charge on any atom is 0.254 e. The highest BCUT2D eigenvalue weighted by Crippen LogP contribution is 2.31. The Morgan fingerprint density at radius 3 is 2.64 bits per heavy atom. The number of rotatable bonds is 7. The van der Waals surface area contributed by atoms with Crippen molar-refractivity contribution in [2.24, 2.45) is 0 Å². The second-order valence-corrected chi connectivity index (χ2v) is 8.94. The molecule has 1 amide bonds. The van der Waals surface area contributed by atoms with Crippen LogP contribution in [-0.2, 0) is 11.3 Å². The van der Waals surface area contributed by atoms with Crippen molar-refractivity contribution < 1.29 is 13.9 Å². The molecule has 176 valence electrons. The zero-order valence-corrected chi connectivity index (χ0v) is 20.1. The highest BCUT2D eigenvalue weighted by Gasteiger charge is 2.23. The van der Waals surface area contributed by atoms with Crippen molar-refractivity contribution in [3.8, 4) is 0 Å². The first-order valence-corrected chi connectivity index (χ1v) is 11.6. The smallest absolute Gasteiger partial charge is 0.254 e. The molecule has 2 heterocycles. The standard InChI is InChI=1S/C25H30ClFN4O2/c1-16-17(2)29-24-21(16)12-19(25(32)31-8-6-30(7-9-31)10-11-33-3)13-23(24)28-15-18-4-5-20(27)14-22(18)26/h4-5,12-14,28-29H,6-11,15H2,1-3H3. The number of H-pyrrole nitrogens is 1. The lowest BCUT2D eigenvalue weighted by molar-refractivity contribution is 0.0594. The van der Waals surface area contributed by atoms with Crippen LogP contribution in [0.3, 0.4) is 0 Å². The summed E-state index contributed by atoms with van der Waals surface area (Å²) in [5.41, 5.74) is 5.39. The zero-order valence-electron chi connectivity index (χ0n) is 19.3. The van der Waals surface area contributed by atoms with E-state index >= 15 is 0 Å². The summed E-state index contributed by atoms with van der Waals surface area (Å²) in [6, 6.07) is 8.25. The lowest BCUT2D eigenvalue weighted by atomic mass is 10.1. The maximum absolute atomic E-state index is 13.4. The highest BCUT2D eigenvalue weighted by atomic mass is 35.5. The lowest BCUT2D eigenvalue weighted by Crippen LogP contribution is -2.49. The summed E-state index contributed by atoms with van der Waals surface area (Å²) in [6.07, 6.45) is 0. The first-order chi connectivity index (χ1) is 15.9. The lowest BCUT2D eigenvalue weighted by Gasteiger charge is -2.34. The number of halogens is 2. The molecule has 4 rings (SSSR count). The molecule has 0 atom stereocenters. The number of hydrogen-bond acceptors (Lipinski definition) is 4. The Bertz CT molecular complexity index is 1160. The average molecular weight is 473 g/mol. The van der Waals surface area contributed by atoms with Gasteiger partial charge in [-0.2, -0.15) is 0 Å². The van der Waals surface area contributed by atoms with Crippen LogP contribution in [0.2, 0.25) is 5.02 Å². The van der Waals surface area contributed by atoms with E-state index in [9.17, 15) is 9.18 Å². The van der Waals surface area contributed by atoms with Gasteiger partial charge in [0.25, 0.3) is 5.91 Å². The number of amides is 1. The largest absolute Gasteiger partial charge is 0.383 e. The van der Waals surface area contributed by atoms with Crippen molar-refractivity contribution in [2.75, 3.05) is 51.8 Å². The minimum atomic E-state index is -0.364. The summed E-state index contributed by atoms with van der Waals surface area (Å²) >= 11 is 6.21. The molecular weight excluding hydrogens is 443 g/mol. The van der Waals surface area contributed by atoms with Crippen LogP contribution in [0.1, 0.15) is 27.2 Å². The number of nitrogens with zero attached hydrogens (tertiary/aromatic N) is 2. The summed E-state index contributed by atoms with van der Waals surface area (Å²) in [4.78, 5) is 21.0. The molecule has 33 heavy (non-hydrogen) atoms. The molecular formula is C25H30ClFN4O2. The van der Waals surface area contributed by atoms with E-state index in [4.69, 9.17) is 16.3 Å². The Hall–Kier alpha value is -2.61. The summed E-state index contributed by atoms with van der Waals surface area (Å²) < 4.78 is 18.6. The van der Waals surface area contributed by atoms with E-state index in [0.29, 0.717) is 36.8 Å². The average Bonchev–Trinajstić information content (AvgIpc) is 3.10. The number of piperazine rings is 1. The van der Waals surface area contributed by atoms with Gasteiger partial charge in [0.05, 0.1) is 17.8 Å². The van der Waals surface area contributed by atoms with E-state index in [1.807, 2.05) is 24.0 Å². The van der Waals surface area contributed by atoms with Gasteiger partial charge in [-0.25, -0.2) is 4.39 Å². The van der Waals surface area contributed by atoms with Gasteiger partial charge >= 0.3 is 0 Å². The maximum atomic E-state index is 13.4. The van der Waals surface area contributed by atoms with Crippen LogP contribution < -0.4 is 5.32 Å². The third-order valence-corrected chi connectivity index (χ3v) is 6.77. The Balaban J connectivity index is 1.57. The summed E-state index contributed by atoms with van der Waals surface area (Å²) in [6.45, 7) is 9.15. The van der Waals surface area contributed by atoms with Crippen LogP contribution in [0.25, 0.3) is 10.9 Å². The Morgan fingerprint density at radius 2 is 1.94 bits per heavy atom. The van der Waals surface area contributed by atoms with E-state index in [-0.39, 0.29) is 11.7 Å². The quantitative estimate of drug-likeness (QED) is 0.528. The number of carbonyl (C=O) groups is 1. The van der Waals surface area contributed by atoms with Crippen molar-refractivity contribution in [2.45, 2.75) is 20.4 Å². The fourth-order valence-corrected chi connectivity index (χ4v) is 4.49. The normalized spacial score (nSPS) is 14.8. The van der Waals surface area contributed by atoms with Gasteiger partial charge in [0.1, 0.15) is 5.82 Å². The van der Waals surface area contributed by atoms with Crippen molar-refractivity contribution >= 4 is 34.1 Å². The minimum absolute atomic E-state index is 0.0319. The molecule has 1 saturated heterocycles. The van der Waals surface area contributed by atoms with E-state index in [1.54, 1.807) is 13.2 Å². The Labute approximate surface area is 198 Å². The Morgan fingerprint density at radius 1 is 1.18 bits per heavy atom. The summed E-state index contributed by atoms with van der Waals surface area (Å²) in [7, 11) is 1.70. The number of aryl methyl sites for hydroxylation is 2. The molecule has 1 aliphatic rings. The molecule has 3 aromatic rings. The van der Waals surface area contributed by atoms with E-state index in [2.05, 4.69) is 22.1 Å². The molecule has 1 fully saturated rings. The van der Waals surface area contributed by atoms with Gasteiger partial charge in [0, 0.05) is 68.0 Å². The van der Waals surface area contributed by atoms with Gasteiger partial charge in [-0.05, 0) is 49.2 Å². The number of ether oxygens (including phenoxy) is 1. The van der Waals surface area contributed by atoms with Gasteiger partial charge in [-0.3, -0.25) is 9.69 Å². The molecule has 0 bridgehead atoms. The number of nitrogens with one attached hydrogen (secondary N) is 2. The molecule has 1 aromatic heterocycles. The predicted molar refractivity (Wildman–Crippen MR) is 131 cm³/mol. The fraction of sp³-hybridized carbons (Fsp3) is 0.400. The topological polar surface area (TPSA) is 60.6 Å². The number of fused-ring (bicyclic) bond motifs is 1. The number of aromatic amines is 1. The number of hydrogen-bond donors (Lipinski definition) is 2. The molecule has 6 nitrogen and oxygen atoms in total. The number of aromatic nitrogens is 1. The van der Waals surface area contributed by atoms with Gasteiger partial charge in [0.2, 0.25) is 0 Å². The van der Waals surface area contributed by atoms with Crippen molar-refractivity contribution in [3.63, 3.8) is 0 Å². The third kappa shape index (κ3) is 5.16. The van der Waals surface area contributed by atoms with E-state index in [0.717, 1.165) is 53.0 Å². The second kappa shape index (κ2) is 10.1. The first-order valence-electron chi connectivity index (χ1n) is 11.2.